The molecule has 5 aromatic rings. The Bertz CT molecular complexity index is 1700. The molecule has 0 aliphatic heterocycles. The van der Waals surface area contributed by atoms with Gasteiger partial charge in [0.15, 0.2) is 5.78 Å². The van der Waals surface area contributed by atoms with Crippen LogP contribution in [0.1, 0.15) is 91.5 Å². The van der Waals surface area contributed by atoms with E-state index >= 15 is 0 Å². The standard InChI is InChI=1S/C25H21N2S.C13H24O2.Ir/c1-3-16(4-2)19-11-12-21-22(14-19)28-25-23(26-15-27-24(21)25)20-10-9-17-7-5-6-8-18(17)13-20;1-5-10(6-2)12(14)9-13(15)11(7-3)8-4;/h5-12,14-16H,3-4H2,1-2H3;9-11,14H,5-8H2,1-4H3;/q-1;;/b;12-9-;. The quantitative estimate of drug-likeness (QED) is 0.0823. The fourth-order valence-corrected chi connectivity index (χ4v) is 7.04. The van der Waals surface area contributed by atoms with Crippen LogP contribution in [0, 0.1) is 17.9 Å². The normalized spacial score (nSPS) is 11.8. The number of fused-ring (bicyclic) bond motifs is 4. The third kappa shape index (κ3) is 8.02. The molecule has 0 aliphatic carbocycles. The van der Waals surface area contributed by atoms with Gasteiger partial charge in [0.1, 0.15) is 6.33 Å². The first-order chi connectivity index (χ1) is 20.9. The van der Waals surface area contributed by atoms with E-state index in [4.69, 9.17) is 0 Å². The number of nitrogens with zero attached hydrogens (tertiary/aromatic N) is 2. The topological polar surface area (TPSA) is 63.1 Å². The number of allylic oxidation sites excluding steroid dienone is 2. The number of aliphatic hydroxyl groups is 1. The minimum atomic E-state index is 0. The number of rotatable bonds is 11. The van der Waals surface area contributed by atoms with Gasteiger partial charge in [-0.3, -0.25) is 9.78 Å². The summed E-state index contributed by atoms with van der Waals surface area (Å²) in [7, 11) is 0. The Morgan fingerprint density at radius 2 is 1.55 bits per heavy atom. The number of benzene rings is 3. The smallest absolute Gasteiger partial charge is 0.162 e. The molecule has 0 saturated carbocycles. The van der Waals surface area contributed by atoms with Gasteiger partial charge in [0, 0.05) is 58.5 Å². The van der Waals surface area contributed by atoms with Crippen molar-refractivity contribution >= 4 is 48.2 Å². The van der Waals surface area contributed by atoms with Crippen LogP contribution in [0.15, 0.2) is 72.8 Å². The molecule has 3 aromatic carbocycles. The Kier molecular flexibility index (Phi) is 13.7. The maximum Gasteiger partial charge on any atom is 0.162 e. The van der Waals surface area contributed by atoms with E-state index in [2.05, 4.69) is 84.5 Å². The Labute approximate surface area is 280 Å². The molecule has 0 bridgehead atoms. The van der Waals surface area contributed by atoms with Gasteiger partial charge in [-0.2, -0.15) is 0 Å². The number of carbonyl (C=O) groups excluding carboxylic acids is 1. The van der Waals surface area contributed by atoms with Crippen molar-refractivity contribution in [2.45, 2.75) is 86.0 Å². The van der Waals surface area contributed by atoms with Crippen LogP contribution < -0.4 is 0 Å². The van der Waals surface area contributed by atoms with E-state index in [1.807, 2.05) is 27.7 Å². The van der Waals surface area contributed by atoms with Gasteiger partial charge in [0.2, 0.25) is 0 Å². The van der Waals surface area contributed by atoms with Gasteiger partial charge in [0.05, 0.1) is 11.3 Å². The van der Waals surface area contributed by atoms with E-state index in [1.54, 1.807) is 17.7 Å². The van der Waals surface area contributed by atoms with Gasteiger partial charge < -0.3 is 5.11 Å². The van der Waals surface area contributed by atoms with Crippen molar-refractivity contribution < 1.29 is 30.0 Å². The van der Waals surface area contributed by atoms with E-state index in [0.29, 0.717) is 5.92 Å². The Morgan fingerprint density at radius 1 is 0.864 bits per heavy atom. The Morgan fingerprint density at radius 3 is 2.20 bits per heavy atom. The summed E-state index contributed by atoms with van der Waals surface area (Å²) in [6.45, 7) is 12.6. The summed E-state index contributed by atoms with van der Waals surface area (Å²) >= 11 is 1.80. The predicted octanol–water partition coefficient (Wildman–Crippen LogP) is 11.2. The molecule has 0 saturated heterocycles. The van der Waals surface area contributed by atoms with E-state index < -0.39 is 0 Å². The number of thiophene rings is 1. The summed E-state index contributed by atoms with van der Waals surface area (Å²) in [6.07, 6.45) is 8.93. The Balaban J connectivity index is 0.000000286. The molecule has 0 atom stereocenters. The van der Waals surface area contributed by atoms with E-state index in [0.717, 1.165) is 52.5 Å². The molecule has 4 nitrogen and oxygen atoms in total. The van der Waals surface area contributed by atoms with Crippen LogP contribution in [-0.4, -0.2) is 20.9 Å². The molecule has 2 heterocycles. The summed E-state index contributed by atoms with van der Waals surface area (Å²) in [5.41, 5.74) is 4.47. The zero-order valence-corrected chi connectivity index (χ0v) is 30.0. The molecule has 0 unspecified atom stereocenters. The first kappa shape index (κ1) is 35.6. The van der Waals surface area contributed by atoms with Crippen molar-refractivity contribution in [1.82, 2.24) is 9.97 Å². The minimum Gasteiger partial charge on any atom is -0.512 e. The van der Waals surface area contributed by atoms with E-state index in [9.17, 15) is 9.90 Å². The molecule has 235 valence electrons. The molecule has 0 aliphatic rings. The summed E-state index contributed by atoms with van der Waals surface area (Å²) < 4.78 is 2.44. The molecule has 1 radical (unpaired) electrons. The number of aliphatic hydroxyl groups excluding tert-OH is 1. The predicted molar refractivity (Wildman–Crippen MR) is 184 cm³/mol. The zero-order valence-electron chi connectivity index (χ0n) is 26.8. The van der Waals surface area contributed by atoms with Crippen LogP contribution in [0.3, 0.4) is 0 Å². The summed E-state index contributed by atoms with van der Waals surface area (Å²) in [4.78, 5) is 21.0. The second kappa shape index (κ2) is 17.0. The fourth-order valence-electron chi connectivity index (χ4n) is 5.83. The molecule has 6 heteroatoms. The van der Waals surface area contributed by atoms with Gasteiger partial charge >= 0.3 is 0 Å². The number of ketones is 1. The molecule has 44 heavy (non-hydrogen) atoms. The number of hydrogen-bond acceptors (Lipinski definition) is 5. The number of aromatic nitrogens is 2. The maximum absolute atomic E-state index is 11.7. The largest absolute Gasteiger partial charge is 0.512 e. The van der Waals surface area contributed by atoms with Crippen molar-refractivity contribution in [3.05, 3.63) is 84.4 Å². The third-order valence-corrected chi connectivity index (χ3v) is 9.88. The molecular weight excluding hydrogens is 741 g/mol. The molecular formula is C38H45IrN2O2S-. The molecule has 2 aromatic heterocycles. The molecule has 0 spiro atoms. The van der Waals surface area contributed by atoms with Gasteiger partial charge in [-0.25, -0.2) is 4.98 Å². The van der Waals surface area contributed by atoms with Gasteiger partial charge in [-0.15, -0.1) is 41.0 Å². The summed E-state index contributed by atoms with van der Waals surface area (Å²) in [5.74, 6) is 1.17. The van der Waals surface area contributed by atoms with Crippen LogP contribution in [0.25, 0.3) is 42.3 Å². The van der Waals surface area contributed by atoms with E-state index in [1.165, 1.54) is 40.0 Å². The second-order valence-corrected chi connectivity index (χ2v) is 12.3. The van der Waals surface area contributed by atoms with Crippen molar-refractivity contribution in [2.75, 3.05) is 0 Å². The van der Waals surface area contributed by atoms with Crippen LogP contribution in [0.2, 0.25) is 0 Å². The van der Waals surface area contributed by atoms with Crippen molar-refractivity contribution in [1.29, 1.82) is 0 Å². The van der Waals surface area contributed by atoms with Crippen LogP contribution in [0.5, 0.6) is 0 Å². The minimum absolute atomic E-state index is 0. The first-order valence-corrected chi connectivity index (χ1v) is 16.7. The second-order valence-electron chi connectivity index (χ2n) is 11.2. The maximum atomic E-state index is 11.7. The number of hydrogen-bond donors (Lipinski definition) is 1. The van der Waals surface area contributed by atoms with Gasteiger partial charge in [-0.05, 0) is 56.1 Å². The summed E-state index contributed by atoms with van der Waals surface area (Å²) in [6, 6.07) is 23.0. The van der Waals surface area contributed by atoms with Crippen LogP contribution >= 0.6 is 11.3 Å². The molecule has 0 fully saturated rings. The van der Waals surface area contributed by atoms with Crippen molar-refractivity contribution in [3.63, 3.8) is 0 Å². The van der Waals surface area contributed by atoms with Crippen LogP contribution in [-0.2, 0) is 24.9 Å². The van der Waals surface area contributed by atoms with E-state index in [-0.39, 0.29) is 43.5 Å². The first-order valence-electron chi connectivity index (χ1n) is 15.9. The SMILES string of the molecule is CCC(CC)C(=O)/C=C(\O)C(CC)CC.CCC(CC)c1ccc2c(c1)sc1c(-c3[c-]c4ccccc4cc3)ncnc12.[Ir]. The van der Waals surface area contributed by atoms with Crippen molar-refractivity contribution in [3.8, 4) is 11.3 Å². The monoisotopic (exact) mass is 786 g/mol. The third-order valence-electron chi connectivity index (χ3n) is 8.73. The van der Waals surface area contributed by atoms with Gasteiger partial charge in [-0.1, -0.05) is 82.8 Å². The van der Waals surface area contributed by atoms with Crippen molar-refractivity contribution in [2.24, 2.45) is 11.8 Å². The molecule has 5 rings (SSSR count). The molecule has 0 amide bonds. The average molecular weight is 786 g/mol. The molecule has 1 N–H and O–H groups in total. The Hall–Kier alpha value is -2.92. The average Bonchev–Trinajstić information content (AvgIpc) is 3.41. The summed E-state index contributed by atoms with van der Waals surface area (Å²) in [5, 5.41) is 13.3. The van der Waals surface area contributed by atoms with Gasteiger partial charge in [0.25, 0.3) is 0 Å². The number of carbonyl (C=O) groups is 1. The zero-order chi connectivity index (χ0) is 30.9. The fraction of sp³-hybridized carbons (Fsp3) is 0.395. The van der Waals surface area contributed by atoms with Crippen LogP contribution in [0.4, 0.5) is 0 Å².